The molecule has 1 aromatic rings. The van der Waals surface area contributed by atoms with Gasteiger partial charge in [0.05, 0.1) is 5.02 Å². The molecule has 0 saturated carbocycles. The summed E-state index contributed by atoms with van der Waals surface area (Å²) < 4.78 is 5.61. The number of carbonyl (C=O) groups is 1. The van der Waals surface area contributed by atoms with Crippen molar-refractivity contribution in [3.05, 3.63) is 28.2 Å². The van der Waals surface area contributed by atoms with Gasteiger partial charge in [-0.05, 0) is 63.4 Å². The highest BCUT2D eigenvalue weighted by molar-refractivity contribution is 6.35. The number of hydrogen-bond acceptors (Lipinski definition) is 3. The zero-order valence-corrected chi connectivity index (χ0v) is 15.9. The van der Waals surface area contributed by atoms with E-state index in [0.717, 1.165) is 18.9 Å². The fourth-order valence-electron chi connectivity index (χ4n) is 2.96. The molecule has 1 aliphatic heterocycles. The third-order valence-electron chi connectivity index (χ3n) is 4.26. The normalized spacial score (nSPS) is 19.8. The minimum absolute atomic E-state index is 0.131. The predicted molar refractivity (Wildman–Crippen MR) is 99.0 cm³/mol. The van der Waals surface area contributed by atoms with Crippen molar-refractivity contribution in [1.82, 2.24) is 10.2 Å². The Bertz CT molecular complexity index is 554. The summed E-state index contributed by atoms with van der Waals surface area (Å²) in [4.78, 5) is 14.6. The summed E-state index contributed by atoms with van der Waals surface area (Å²) in [7, 11) is 0. The maximum absolute atomic E-state index is 12.1. The molecule has 1 N–H and O–H groups in total. The second-order valence-electron chi connectivity index (χ2n) is 6.53. The van der Waals surface area contributed by atoms with Gasteiger partial charge >= 0.3 is 0 Å². The molecule has 1 aliphatic rings. The molecule has 1 amide bonds. The van der Waals surface area contributed by atoms with Gasteiger partial charge in [-0.2, -0.15) is 0 Å². The number of nitrogens with one attached hydrogen (secondary N) is 1. The summed E-state index contributed by atoms with van der Waals surface area (Å²) in [5, 5.41) is 3.87. The van der Waals surface area contributed by atoms with Gasteiger partial charge in [0.25, 0.3) is 5.91 Å². The molecule has 2 atom stereocenters. The van der Waals surface area contributed by atoms with Crippen molar-refractivity contribution in [2.75, 3.05) is 26.2 Å². The number of rotatable bonds is 7. The predicted octanol–water partition coefficient (Wildman–Crippen LogP) is 4.00. The maximum atomic E-state index is 12.1. The summed E-state index contributed by atoms with van der Waals surface area (Å²) >= 11 is 11.9. The first-order valence-electron chi connectivity index (χ1n) is 8.57. The van der Waals surface area contributed by atoms with Gasteiger partial charge in [-0.1, -0.05) is 30.1 Å². The van der Waals surface area contributed by atoms with Crippen LogP contribution in [0.1, 0.15) is 33.1 Å². The maximum Gasteiger partial charge on any atom is 0.260 e. The second kappa shape index (κ2) is 9.50. The number of likely N-dealkylation sites (tertiary alicyclic amines) is 1. The molecule has 0 aliphatic carbocycles. The van der Waals surface area contributed by atoms with E-state index in [1.54, 1.807) is 25.1 Å². The molecular formula is C18H26Cl2N2O2. The Balaban J connectivity index is 1.68. The third-order valence-corrected chi connectivity index (χ3v) is 4.79. The SMILES string of the molecule is CC1CCCN(CCCNC(=O)C(C)Oc2ccc(Cl)cc2Cl)C1. The molecule has 1 heterocycles. The van der Waals surface area contributed by atoms with Crippen LogP contribution in [-0.2, 0) is 4.79 Å². The Morgan fingerprint density at radius 3 is 2.96 bits per heavy atom. The van der Waals surface area contributed by atoms with Crippen LogP contribution in [0.15, 0.2) is 18.2 Å². The number of nitrogens with zero attached hydrogens (tertiary/aromatic N) is 1. The highest BCUT2D eigenvalue weighted by atomic mass is 35.5. The Labute approximate surface area is 154 Å². The standard InChI is InChI=1S/C18H26Cl2N2O2/c1-13-5-3-9-22(12-13)10-4-8-21-18(23)14(2)24-17-7-6-15(19)11-16(17)20/h6-7,11,13-14H,3-5,8-10,12H2,1-2H3,(H,21,23). The van der Waals surface area contributed by atoms with Gasteiger partial charge in [0.2, 0.25) is 0 Å². The van der Waals surface area contributed by atoms with Crippen molar-refractivity contribution in [2.45, 2.75) is 39.2 Å². The summed E-state index contributed by atoms with van der Waals surface area (Å²) in [6.45, 7) is 8.05. The lowest BCUT2D eigenvalue weighted by Gasteiger charge is -2.30. The van der Waals surface area contributed by atoms with E-state index in [1.165, 1.54) is 25.9 Å². The molecule has 0 bridgehead atoms. The van der Waals surface area contributed by atoms with Gasteiger partial charge < -0.3 is 15.0 Å². The average molecular weight is 373 g/mol. The highest BCUT2D eigenvalue weighted by Gasteiger charge is 2.17. The van der Waals surface area contributed by atoms with Gasteiger partial charge in [-0.25, -0.2) is 0 Å². The van der Waals surface area contributed by atoms with Crippen molar-refractivity contribution < 1.29 is 9.53 Å². The molecule has 2 unspecified atom stereocenters. The average Bonchev–Trinajstić information content (AvgIpc) is 2.54. The zero-order chi connectivity index (χ0) is 17.5. The van der Waals surface area contributed by atoms with Crippen LogP contribution in [0.3, 0.4) is 0 Å². The molecule has 1 fully saturated rings. The monoisotopic (exact) mass is 372 g/mol. The first-order valence-corrected chi connectivity index (χ1v) is 9.33. The summed E-state index contributed by atoms with van der Waals surface area (Å²) in [5.74, 6) is 1.12. The summed E-state index contributed by atoms with van der Waals surface area (Å²) in [5.41, 5.74) is 0. The minimum atomic E-state index is -0.598. The van der Waals surface area contributed by atoms with Crippen LogP contribution in [0.25, 0.3) is 0 Å². The molecule has 4 nitrogen and oxygen atoms in total. The fourth-order valence-corrected chi connectivity index (χ4v) is 3.42. The van der Waals surface area contributed by atoms with Crippen molar-refractivity contribution in [2.24, 2.45) is 5.92 Å². The first-order chi connectivity index (χ1) is 11.5. The molecule has 0 spiro atoms. The number of carbonyl (C=O) groups excluding carboxylic acids is 1. The molecule has 134 valence electrons. The van der Waals surface area contributed by atoms with Crippen LogP contribution in [0.2, 0.25) is 10.0 Å². The van der Waals surface area contributed by atoms with Crippen LogP contribution < -0.4 is 10.1 Å². The molecule has 1 saturated heterocycles. The van der Waals surface area contributed by atoms with Gasteiger partial charge in [0.15, 0.2) is 6.10 Å². The number of piperidine rings is 1. The van der Waals surface area contributed by atoms with Crippen molar-refractivity contribution in [3.8, 4) is 5.75 Å². The first kappa shape index (κ1) is 19.4. The van der Waals surface area contributed by atoms with E-state index in [-0.39, 0.29) is 5.91 Å². The minimum Gasteiger partial charge on any atom is -0.479 e. The number of halogens is 2. The van der Waals surface area contributed by atoms with E-state index in [4.69, 9.17) is 27.9 Å². The smallest absolute Gasteiger partial charge is 0.260 e. The summed E-state index contributed by atoms with van der Waals surface area (Å²) in [6, 6.07) is 4.96. The Morgan fingerprint density at radius 2 is 2.25 bits per heavy atom. The van der Waals surface area contributed by atoms with Gasteiger partial charge in [-0.3, -0.25) is 4.79 Å². The summed E-state index contributed by atoms with van der Waals surface area (Å²) in [6.07, 6.45) is 2.96. The zero-order valence-electron chi connectivity index (χ0n) is 14.4. The van der Waals surface area contributed by atoms with Gasteiger partial charge in [0.1, 0.15) is 5.75 Å². The topological polar surface area (TPSA) is 41.6 Å². The number of hydrogen-bond donors (Lipinski definition) is 1. The van der Waals surface area contributed by atoms with Crippen molar-refractivity contribution in [1.29, 1.82) is 0 Å². The Hall–Kier alpha value is -0.970. The van der Waals surface area contributed by atoms with E-state index < -0.39 is 6.10 Å². The lowest BCUT2D eigenvalue weighted by molar-refractivity contribution is -0.127. The lowest BCUT2D eigenvalue weighted by Crippen LogP contribution is -2.39. The van der Waals surface area contributed by atoms with E-state index in [2.05, 4.69) is 17.1 Å². The van der Waals surface area contributed by atoms with Gasteiger partial charge in [-0.15, -0.1) is 0 Å². The molecular weight excluding hydrogens is 347 g/mol. The van der Waals surface area contributed by atoms with E-state index >= 15 is 0 Å². The lowest BCUT2D eigenvalue weighted by atomic mass is 10.0. The molecule has 0 radical (unpaired) electrons. The van der Waals surface area contributed by atoms with Crippen LogP contribution in [0.5, 0.6) is 5.75 Å². The van der Waals surface area contributed by atoms with Crippen molar-refractivity contribution >= 4 is 29.1 Å². The van der Waals surface area contributed by atoms with Crippen molar-refractivity contribution in [3.63, 3.8) is 0 Å². The van der Waals surface area contributed by atoms with Gasteiger partial charge in [0, 0.05) is 18.1 Å². The molecule has 6 heteroatoms. The highest BCUT2D eigenvalue weighted by Crippen LogP contribution is 2.28. The second-order valence-corrected chi connectivity index (χ2v) is 7.37. The van der Waals surface area contributed by atoms with E-state index in [1.807, 2.05) is 0 Å². The molecule has 2 rings (SSSR count). The fraction of sp³-hybridized carbons (Fsp3) is 0.611. The van der Waals surface area contributed by atoms with Crippen LogP contribution in [-0.4, -0.2) is 43.1 Å². The quantitative estimate of drug-likeness (QED) is 0.735. The Kier molecular flexibility index (Phi) is 7.66. The van der Waals surface area contributed by atoms with Crippen LogP contribution in [0, 0.1) is 5.92 Å². The third kappa shape index (κ3) is 6.15. The van der Waals surface area contributed by atoms with E-state index in [9.17, 15) is 4.79 Å². The number of ether oxygens (including phenoxy) is 1. The van der Waals surface area contributed by atoms with Crippen LogP contribution in [0.4, 0.5) is 0 Å². The molecule has 24 heavy (non-hydrogen) atoms. The molecule has 1 aromatic carbocycles. The number of amides is 1. The number of benzene rings is 1. The van der Waals surface area contributed by atoms with E-state index in [0.29, 0.717) is 22.3 Å². The van der Waals surface area contributed by atoms with Crippen LogP contribution >= 0.6 is 23.2 Å². The largest absolute Gasteiger partial charge is 0.479 e. The Morgan fingerprint density at radius 1 is 1.46 bits per heavy atom. The molecule has 0 aromatic heterocycles.